The molecule has 0 atom stereocenters. The summed E-state index contributed by atoms with van der Waals surface area (Å²) in [6, 6.07) is 7.71. The fourth-order valence-electron chi connectivity index (χ4n) is 2.18. The molecule has 0 radical (unpaired) electrons. The van der Waals surface area contributed by atoms with Gasteiger partial charge in [-0.1, -0.05) is 19.1 Å². The molecule has 18 heavy (non-hydrogen) atoms. The van der Waals surface area contributed by atoms with Crippen molar-refractivity contribution >= 4 is 5.97 Å². The Bertz CT molecular complexity index is 391. The predicted octanol–water partition coefficient (Wildman–Crippen LogP) is 2.97. The second kappa shape index (κ2) is 5.89. The molecule has 1 aromatic rings. The summed E-state index contributed by atoms with van der Waals surface area (Å²) in [6.07, 6.45) is 2.99. The van der Waals surface area contributed by atoms with Gasteiger partial charge in [-0.3, -0.25) is 4.79 Å². The number of ether oxygens (including phenoxy) is 2. The van der Waals surface area contributed by atoms with E-state index in [-0.39, 0.29) is 5.97 Å². The van der Waals surface area contributed by atoms with Crippen LogP contribution in [0.2, 0.25) is 0 Å². The molecule has 1 saturated carbocycles. The number of rotatable bonds is 5. The van der Waals surface area contributed by atoms with Crippen molar-refractivity contribution in [3.8, 4) is 5.75 Å². The van der Waals surface area contributed by atoms with Gasteiger partial charge in [0.15, 0.2) is 0 Å². The Labute approximate surface area is 108 Å². The first-order valence-electron chi connectivity index (χ1n) is 6.58. The molecule has 0 N–H and O–H groups in total. The summed E-state index contributed by atoms with van der Waals surface area (Å²) < 4.78 is 10.7. The minimum Gasteiger partial charge on any atom is -0.490 e. The molecule has 0 amide bonds. The van der Waals surface area contributed by atoms with E-state index in [1.807, 2.05) is 31.2 Å². The third-order valence-corrected chi connectivity index (χ3v) is 3.21. The predicted molar refractivity (Wildman–Crippen MR) is 69.6 cm³/mol. The van der Waals surface area contributed by atoms with Crippen molar-refractivity contribution in [2.45, 2.75) is 39.2 Å². The van der Waals surface area contributed by atoms with Crippen molar-refractivity contribution in [1.82, 2.24) is 0 Å². The number of hydrogen-bond donors (Lipinski definition) is 0. The first-order valence-corrected chi connectivity index (χ1v) is 6.58. The van der Waals surface area contributed by atoms with E-state index in [0.717, 1.165) is 30.1 Å². The van der Waals surface area contributed by atoms with Crippen molar-refractivity contribution in [3.63, 3.8) is 0 Å². The Morgan fingerprint density at radius 1 is 1.28 bits per heavy atom. The van der Waals surface area contributed by atoms with E-state index in [0.29, 0.717) is 19.1 Å². The Hall–Kier alpha value is -1.51. The first kappa shape index (κ1) is 12.9. The molecule has 0 unspecified atom stereocenters. The second-order valence-electron chi connectivity index (χ2n) is 4.94. The molecule has 0 aromatic heterocycles. The van der Waals surface area contributed by atoms with E-state index in [2.05, 4.69) is 6.92 Å². The Balaban J connectivity index is 1.83. The van der Waals surface area contributed by atoms with Gasteiger partial charge in [-0.15, -0.1) is 0 Å². The van der Waals surface area contributed by atoms with Crippen LogP contribution in [0.15, 0.2) is 24.3 Å². The highest BCUT2D eigenvalue weighted by molar-refractivity contribution is 5.72. The van der Waals surface area contributed by atoms with Crippen molar-refractivity contribution in [2.75, 3.05) is 6.61 Å². The van der Waals surface area contributed by atoms with Crippen LogP contribution in [0.5, 0.6) is 5.75 Å². The van der Waals surface area contributed by atoms with Crippen LogP contribution in [0.25, 0.3) is 0 Å². The molecule has 3 heteroatoms. The van der Waals surface area contributed by atoms with Gasteiger partial charge in [0.2, 0.25) is 0 Å². The molecule has 98 valence electrons. The van der Waals surface area contributed by atoms with Gasteiger partial charge >= 0.3 is 5.97 Å². The van der Waals surface area contributed by atoms with Gasteiger partial charge in [0.25, 0.3) is 0 Å². The number of esters is 1. The molecular weight excluding hydrogens is 228 g/mol. The highest BCUT2D eigenvalue weighted by Crippen LogP contribution is 2.30. The molecular formula is C15H20O3. The average molecular weight is 248 g/mol. The fourth-order valence-corrected chi connectivity index (χ4v) is 2.18. The molecule has 1 aliphatic rings. The zero-order valence-corrected chi connectivity index (χ0v) is 11.0. The lowest BCUT2D eigenvalue weighted by Gasteiger charge is -2.32. The normalized spacial score (nSPS) is 22.1. The number of benzene rings is 1. The largest absolute Gasteiger partial charge is 0.490 e. The molecule has 0 spiro atoms. The van der Waals surface area contributed by atoms with Gasteiger partial charge in [0, 0.05) is 0 Å². The van der Waals surface area contributed by atoms with Crippen molar-refractivity contribution in [3.05, 3.63) is 29.8 Å². The molecule has 2 rings (SSSR count). The lowest BCUT2D eigenvalue weighted by Crippen LogP contribution is -2.31. The summed E-state index contributed by atoms with van der Waals surface area (Å²) in [5.41, 5.74) is 0.961. The van der Waals surface area contributed by atoms with Crippen LogP contribution in [-0.2, 0) is 16.0 Å². The van der Waals surface area contributed by atoms with Crippen LogP contribution in [0.3, 0.4) is 0 Å². The standard InChI is InChI=1S/C15H20O3/c1-3-17-15(16)10-12-4-6-13(7-5-12)18-14-8-11(2)9-14/h4-7,11,14H,3,8-10H2,1-2H3/t11-,14-. The maximum Gasteiger partial charge on any atom is 0.310 e. The van der Waals surface area contributed by atoms with Gasteiger partial charge in [-0.2, -0.15) is 0 Å². The van der Waals surface area contributed by atoms with Crippen molar-refractivity contribution in [1.29, 1.82) is 0 Å². The molecule has 0 aliphatic heterocycles. The molecule has 0 saturated heterocycles. The Kier molecular flexibility index (Phi) is 4.24. The van der Waals surface area contributed by atoms with Gasteiger partial charge in [-0.05, 0) is 43.4 Å². The number of carbonyl (C=O) groups excluding carboxylic acids is 1. The van der Waals surface area contributed by atoms with Crippen LogP contribution >= 0.6 is 0 Å². The Morgan fingerprint density at radius 2 is 1.94 bits per heavy atom. The van der Waals surface area contributed by atoms with E-state index in [1.165, 1.54) is 0 Å². The monoisotopic (exact) mass is 248 g/mol. The quantitative estimate of drug-likeness (QED) is 0.751. The van der Waals surface area contributed by atoms with Crippen LogP contribution in [0, 0.1) is 5.92 Å². The molecule has 1 aliphatic carbocycles. The van der Waals surface area contributed by atoms with Crippen LogP contribution in [-0.4, -0.2) is 18.7 Å². The third kappa shape index (κ3) is 3.49. The highest BCUT2D eigenvalue weighted by Gasteiger charge is 2.26. The highest BCUT2D eigenvalue weighted by atomic mass is 16.5. The fraction of sp³-hybridized carbons (Fsp3) is 0.533. The maximum absolute atomic E-state index is 11.3. The zero-order chi connectivity index (χ0) is 13.0. The van der Waals surface area contributed by atoms with E-state index in [1.54, 1.807) is 0 Å². The minimum atomic E-state index is -0.181. The first-order chi connectivity index (χ1) is 8.67. The third-order valence-electron chi connectivity index (χ3n) is 3.21. The van der Waals surface area contributed by atoms with Crippen molar-refractivity contribution < 1.29 is 14.3 Å². The smallest absolute Gasteiger partial charge is 0.310 e. The molecule has 1 fully saturated rings. The van der Waals surface area contributed by atoms with E-state index in [9.17, 15) is 4.79 Å². The number of carbonyl (C=O) groups is 1. The molecule has 0 heterocycles. The summed E-state index contributed by atoms with van der Waals surface area (Å²) in [5, 5.41) is 0. The molecule has 1 aromatic carbocycles. The summed E-state index contributed by atoms with van der Waals surface area (Å²) in [5.74, 6) is 1.50. The van der Waals surface area contributed by atoms with Crippen LogP contribution in [0.4, 0.5) is 0 Å². The minimum absolute atomic E-state index is 0.181. The van der Waals surface area contributed by atoms with Crippen LogP contribution < -0.4 is 4.74 Å². The maximum atomic E-state index is 11.3. The molecule has 0 bridgehead atoms. The molecule has 3 nitrogen and oxygen atoms in total. The van der Waals surface area contributed by atoms with E-state index < -0.39 is 0 Å². The number of hydrogen-bond acceptors (Lipinski definition) is 3. The zero-order valence-electron chi connectivity index (χ0n) is 11.0. The Morgan fingerprint density at radius 3 is 2.50 bits per heavy atom. The van der Waals surface area contributed by atoms with Gasteiger partial charge in [0.05, 0.1) is 19.1 Å². The topological polar surface area (TPSA) is 35.5 Å². The lowest BCUT2D eigenvalue weighted by atomic mass is 9.84. The summed E-state index contributed by atoms with van der Waals surface area (Å²) >= 11 is 0. The van der Waals surface area contributed by atoms with Gasteiger partial charge in [-0.25, -0.2) is 0 Å². The van der Waals surface area contributed by atoms with Gasteiger partial charge in [0.1, 0.15) is 5.75 Å². The summed E-state index contributed by atoms with van der Waals surface area (Å²) in [6.45, 7) is 4.48. The second-order valence-corrected chi connectivity index (χ2v) is 4.94. The van der Waals surface area contributed by atoms with Crippen LogP contribution in [0.1, 0.15) is 32.3 Å². The van der Waals surface area contributed by atoms with Gasteiger partial charge < -0.3 is 9.47 Å². The summed E-state index contributed by atoms with van der Waals surface area (Å²) in [4.78, 5) is 11.3. The average Bonchev–Trinajstić information content (AvgIpc) is 2.30. The van der Waals surface area contributed by atoms with E-state index >= 15 is 0 Å². The lowest BCUT2D eigenvalue weighted by molar-refractivity contribution is -0.142. The van der Waals surface area contributed by atoms with Crippen molar-refractivity contribution in [2.24, 2.45) is 5.92 Å². The summed E-state index contributed by atoms with van der Waals surface area (Å²) in [7, 11) is 0. The van der Waals surface area contributed by atoms with E-state index in [4.69, 9.17) is 9.47 Å². The SMILES string of the molecule is CCOC(=O)Cc1ccc(O[C@H]2C[C@H](C)C2)cc1.